The molecule has 4 heteroatoms. The van der Waals surface area contributed by atoms with Crippen molar-refractivity contribution in [1.82, 2.24) is 4.90 Å². The van der Waals surface area contributed by atoms with Crippen LogP contribution in [0.4, 0.5) is 0 Å². The van der Waals surface area contributed by atoms with E-state index in [4.69, 9.17) is 9.47 Å². The Hall–Kier alpha value is -1.39. The molecular formula is C19H29NO3. The van der Waals surface area contributed by atoms with Crippen molar-refractivity contribution in [2.24, 2.45) is 0 Å². The van der Waals surface area contributed by atoms with Crippen LogP contribution < -0.4 is 4.74 Å². The van der Waals surface area contributed by atoms with Crippen LogP contribution in [0.2, 0.25) is 0 Å². The Morgan fingerprint density at radius 2 is 1.96 bits per heavy atom. The number of carbonyl (C=O) groups is 1. The van der Waals surface area contributed by atoms with Gasteiger partial charge in [0.2, 0.25) is 0 Å². The highest BCUT2D eigenvalue weighted by atomic mass is 16.5. The van der Waals surface area contributed by atoms with Gasteiger partial charge in [-0.3, -0.25) is 9.69 Å². The van der Waals surface area contributed by atoms with Gasteiger partial charge in [0.05, 0.1) is 25.4 Å². The molecule has 0 aromatic heterocycles. The quantitative estimate of drug-likeness (QED) is 0.752. The smallest absolute Gasteiger partial charge is 0.177 e. The lowest BCUT2D eigenvalue weighted by Gasteiger charge is -2.35. The second-order valence-electron chi connectivity index (χ2n) is 6.71. The minimum Gasteiger partial charge on any atom is -0.494 e. The van der Waals surface area contributed by atoms with Gasteiger partial charge in [-0.1, -0.05) is 13.8 Å². The number of morpholine rings is 1. The Kier molecular flexibility index (Phi) is 6.19. The van der Waals surface area contributed by atoms with Crippen molar-refractivity contribution in [2.75, 3.05) is 26.2 Å². The summed E-state index contributed by atoms with van der Waals surface area (Å²) in [5.41, 5.74) is 1.88. The van der Waals surface area contributed by atoms with E-state index in [1.54, 1.807) is 0 Å². The van der Waals surface area contributed by atoms with Crippen molar-refractivity contribution in [3.8, 4) is 5.75 Å². The summed E-state index contributed by atoms with van der Waals surface area (Å²) in [6.45, 7) is 13.0. The molecule has 4 nitrogen and oxygen atoms in total. The van der Waals surface area contributed by atoms with Gasteiger partial charge in [-0.05, 0) is 50.5 Å². The molecule has 0 N–H and O–H groups in total. The van der Waals surface area contributed by atoms with Gasteiger partial charge in [0.1, 0.15) is 5.75 Å². The van der Waals surface area contributed by atoms with E-state index in [2.05, 4.69) is 32.6 Å². The van der Waals surface area contributed by atoms with E-state index >= 15 is 0 Å². The highest BCUT2D eigenvalue weighted by Gasteiger charge is 2.25. The van der Waals surface area contributed by atoms with Crippen LogP contribution in [-0.2, 0) is 4.74 Å². The summed E-state index contributed by atoms with van der Waals surface area (Å²) in [6.07, 6.45) is 0.355. The fraction of sp³-hybridized carbons (Fsp3) is 0.632. The molecule has 1 saturated heterocycles. The van der Waals surface area contributed by atoms with Crippen LogP contribution in [0.3, 0.4) is 0 Å². The summed E-state index contributed by atoms with van der Waals surface area (Å²) >= 11 is 0. The predicted molar refractivity (Wildman–Crippen MR) is 92.5 cm³/mol. The van der Waals surface area contributed by atoms with Gasteiger partial charge in [0, 0.05) is 18.7 Å². The van der Waals surface area contributed by atoms with Gasteiger partial charge in [-0.2, -0.15) is 0 Å². The van der Waals surface area contributed by atoms with E-state index in [0.717, 1.165) is 30.0 Å². The van der Waals surface area contributed by atoms with Gasteiger partial charge in [0.15, 0.2) is 5.78 Å². The van der Waals surface area contributed by atoms with Crippen LogP contribution >= 0.6 is 0 Å². The molecule has 2 rings (SSSR count). The molecule has 23 heavy (non-hydrogen) atoms. The first-order valence-corrected chi connectivity index (χ1v) is 8.58. The minimum absolute atomic E-state index is 0.177. The highest BCUT2D eigenvalue weighted by molar-refractivity contribution is 5.99. The van der Waals surface area contributed by atoms with Crippen LogP contribution in [0.1, 0.15) is 56.5 Å². The second kappa shape index (κ2) is 7.93. The first-order valence-electron chi connectivity index (χ1n) is 8.58. The number of Topliss-reactive ketones (excluding diaryl/α,β-unsaturated/α-hetero) is 1. The third-order valence-corrected chi connectivity index (χ3v) is 4.12. The third kappa shape index (κ3) is 4.79. The van der Waals surface area contributed by atoms with Crippen LogP contribution in [0.5, 0.6) is 5.75 Å². The summed E-state index contributed by atoms with van der Waals surface area (Å²) < 4.78 is 11.3. The molecule has 0 spiro atoms. The standard InChI is InChI=1S/C19H29NO3/c1-6-22-16-7-8-17(18(9-16)13(2)3)19(21)12-20-10-14(4)23-15(5)11-20/h7-9,13-15H,6,10-12H2,1-5H3. The maximum Gasteiger partial charge on any atom is 0.177 e. The van der Waals surface area contributed by atoms with Gasteiger partial charge < -0.3 is 9.47 Å². The number of rotatable bonds is 6. The predicted octanol–water partition coefficient (Wildman–Crippen LogP) is 3.50. The average Bonchev–Trinajstić information content (AvgIpc) is 2.46. The van der Waals surface area contributed by atoms with Crippen LogP contribution in [0.25, 0.3) is 0 Å². The third-order valence-electron chi connectivity index (χ3n) is 4.12. The number of benzene rings is 1. The maximum absolute atomic E-state index is 12.8. The van der Waals surface area contributed by atoms with Crippen molar-refractivity contribution in [2.45, 2.75) is 52.7 Å². The summed E-state index contributed by atoms with van der Waals surface area (Å²) in [6, 6.07) is 5.81. The number of hydrogen-bond donors (Lipinski definition) is 0. The molecule has 1 aliphatic heterocycles. The van der Waals surface area contributed by atoms with Crippen LogP contribution in [-0.4, -0.2) is 49.1 Å². The van der Waals surface area contributed by atoms with Gasteiger partial charge in [-0.15, -0.1) is 0 Å². The Morgan fingerprint density at radius 3 is 2.52 bits per heavy atom. The molecule has 0 radical (unpaired) electrons. The maximum atomic E-state index is 12.8. The molecule has 1 aliphatic rings. The Balaban J connectivity index is 2.14. The topological polar surface area (TPSA) is 38.8 Å². The van der Waals surface area contributed by atoms with Gasteiger partial charge in [0.25, 0.3) is 0 Å². The van der Waals surface area contributed by atoms with Crippen LogP contribution in [0.15, 0.2) is 18.2 Å². The largest absolute Gasteiger partial charge is 0.494 e. The van der Waals surface area contributed by atoms with Crippen molar-refractivity contribution in [3.05, 3.63) is 29.3 Å². The fourth-order valence-electron chi connectivity index (χ4n) is 3.23. The highest BCUT2D eigenvalue weighted by Crippen LogP contribution is 2.26. The van der Waals surface area contributed by atoms with Gasteiger partial charge in [-0.25, -0.2) is 0 Å². The zero-order chi connectivity index (χ0) is 17.0. The molecule has 1 aromatic rings. The van der Waals surface area contributed by atoms with E-state index in [0.29, 0.717) is 13.2 Å². The first-order chi connectivity index (χ1) is 10.9. The van der Waals surface area contributed by atoms with E-state index in [1.165, 1.54) is 0 Å². The average molecular weight is 319 g/mol. The summed E-state index contributed by atoms with van der Waals surface area (Å²) in [5.74, 6) is 1.30. The Labute approximate surface area is 139 Å². The first kappa shape index (κ1) is 18.0. The van der Waals surface area contributed by atoms with Crippen LogP contribution in [0, 0.1) is 0 Å². The molecular weight excluding hydrogens is 290 g/mol. The summed E-state index contributed by atoms with van der Waals surface area (Å²) in [4.78, 5) is 15.0. The summed E-state index contributed by atoms with van der Waals surface area (Å²) in [7, 11) is 0. The SMILES string of the molecule is CCOc1ccc(C(=O)CN2CC(C)OC(C)C2)c(C(C)C)c1. The monoisotopic (exact) mass is 319 g/mol. The van der Waals surface area contributed by atoms with Gasteiger partial charge >= 0.3 is 0 Å². The number of carbonyl (C=O) groups excluding carboxylic acids is 1. The number of ketones is 1. The van der Waals surface area contributed by atoms with E-state index < -0.39 is 0 Å². The minimum atomic E-state index is 0.177. The number of ether oxygens (including phenoxy) is 2. The lowest BCUT2D eigenvalue weighted by molar-refractivity contribution is -0.0652. The van der Waals surface area contributed by atoms with E-state index in [-0.39, 0.29) is 23.9 Å². The molecule has 0 aliphatic carbocycles. The molecule has 2 atom stereocenters. The molecule has 0 bridgehead atoms. The molecule has 128 valence electrons. The van der Waals surface area contributed by atoms with Crippen molar-refractivity contribution in [1.29, 1.82) is 0 Å². The molecule has 1 aromatic carbocycles. The Bertz CT molecular complexity index is 531. The lowest BCUT2D eigenvalue weighted by atomic mass is 9.94. The van der Waals surface area contributed by atoms with Crippen molar-refractivity contribution in [3.63, 3.8) is 0 Å². The fourth-order valence-corrected chi connectivity index (χ4v) is 3.23. The number of hydrogen-bond acceptors (Lipinski definition) is 4. The Morgan fingerprint density at radius 1 is 1.30 bits per heavy atom. The molecule has 1 heterocycles. The molecule has 1 fully saturated rings. The van der Waals surface area contributed by atoms with Crippen molar-refractivity contribution >= 4 is 5.78 Å². The molecule has 2 unspecified atom stereocenters. The van der Waals surface area contributed by atoms with E-state index in [1.807, 2.05) is 25.1 Å². The zero-order valence-corrected chi connectivity index (χ0v) is 15.0. The van der Waals surface area contributed by atoms with Crippen molar-refractivity contribution < 1.29 is 14.3 Å². The van der Waals surface area contributed by atoms with E-state index in [9.17, 15) is 4.79 Å². The molecule has 0 amide bonds. The lowest BCUT2D eigenvalue weighted by Crippen LogP contribution is -2.47. The summed E-state index contributed by atoms with van der Waals surface area (Å²) in [5, 5.41) is 0. The zero-order valence-electron chi connectivity index (χ0n) is 15.0. The number of nitrogens with zero attached hydrogens (tertiary/aromatic N) is 1. The second-order valence-corrected chi connectivity index (χ2v) is 6.71. The normalized spacial score (nSPS) is 22.3. The molecule has 0 saturated carbocycles.